The van der Waals surface area contributed by atoms with Crippen LogP contribution in [0.15, 0.2) is 24.5 Å². The van der Waals surface area contributed by atoms with E-state index in [0.29, 0.717) is 0 Å². The van der Waals surface area contributed by atoms with E-state index < -0.39 is 0 Å². The predicted molar refractivity (Wildman–Crippen MR) is 56.1 cm³/mol. The fraction of sp³-hybridized carbons (Fsp3) is 0.200. The fourth-order valence-electron chi connectivity index (χ4n) is 1.37. The summed E-state index contributed by atoms with van der Waals surface area (Å²) in [4.78, 5) is 11.5. The maximum Gasteiger partial charge on any atom is 0.200 e. The van der Waals surface area contributed by atoms with Gasteiger partial charge in [-0.25, -0.2) is 4.98 Å². The van der Waals surface area contributed by atoms with Crippen molar-refractivity contribution < 1.29 is 0 Å². The van der Waals surface area contributed by atoms with Gasteiger partial charge in [0.05, 0.1) is 5.69 Å². The Morgan fingerprint density at radius 3 is 2.57 bits per heavy atom. The number of aromatic nitrogens is 3. The summed E-state index contributed by atoms with van der Waals surface area (Å²) in [5.74, 6) is 0.786. The quantitative estimate of drug-likeness (QED) is 0.755. The van der Waals surface area contributed by atoms with Gasteiger partial charge in [-0.15, -0.1) is 0 Å². The van der Waals surface area contributed by atoms with E-state index in [2.05, 4.69) is 20.3 Å². The molecular weight excluding hydrogens is 176 g/mol. The van der Waals surface area contributed by atoms with Crippen molar-refractivity contribution in [2.75, 3.05) is 12.4 Å². The van der Waals surface area contributed by atoms with Gasteiger partial charge in [0.15, 0.2) is 0 Å². The molecule has 0 unspecified atom stereocenters. The Kier molecular flexibility index (Phi) is 2.18. The number of hydrogen-bond donors (Lipinski definition) is 2. The summed E-state index contributed by atoms with van der Waals surface area (Å²) >= 11 is 0. The Morgan fingerprint density at radius 1 is 1.29 bits per heavy atom. The van der Waals surface area contributed by atoms with Gasteiger partial charge in [0.1, 0.15) is 0 Å². The molecule has 0 saturated heterocycles. The third kappa shape index (κ3) is 1.46. The first-order valence-electron chi connectivity index (χ1n) is 4.46. The lowest BCUT2D eigenvalue weighted by molar-refractivity contribution is 1.23. The summed E-state index contributed by atoms with van der Waals surface area (Å²) in [6, 6.07) is 3.89. The number of nitrogens with one attached hydrogen (secondary N) is 2. The highest BCUT2D eigenvalue weighted by atomic mass is 15.1. The highest BCUT2D eigenvalue weighted by Gasteiger charge is 2.06. The molecule has 2 N–H and O–H groups in total. The molecule has 0 atom stereocenters. The number of hydrogen-bond acceptors (Lipinski definition) is 3. The molecule has 0 fully saturated rings. The summed E-state index contributed by atoms with van der Waals surface area (Å²) in [6.07, 6.45) is 3.53. The van der Waals surface area contributed by atoms with Crippen LogP contribution in [-0.4, -0.2) is 22.0 Å². The first-order valence-corrected chi connectivity index (χ1v) is 4.46. The van der Waals surface area contributed by atoms with Crippen molar-refractivity contribution in [1.82, 2.24) is 15.0 Å². The number of anilines is 1. The normalized spacial score (nSPS) is 10.1. The maximum atomic E-state index is 4.40. The van der Waals surface area contributed by atoms with Gasteiger partial charge in [0.2, 0.25) is 5.95 Å². The molecule has 4 nitrogen and oxygen atoms in total. The molecule has 14 heavy (non-hydrogen) atoms. The molecule has 0 amide bonds. The van der Waals surface area contributed by atoms with Crippen LogP contribution in [0.4, 0.5) is 5.95 Å². The number of rotatable bonds is 2. The van der Waals surface area contributed by atoms with Crippen LogP contribution in [0, 0.1) is 6.92 Å². The minimum absolute atomic E-state index is 0.786. The average molecular weight is 188 g/mol. The highest BCUT2D eigenvalue weighted by Crippen LogP contribution is 2.21. The van der Waals surface area contributed by atoms with Crippen LogP contribution in [0.5, 0.6) is 0 Å². The molecule has 0 saturated carbocycles. The molecule has 0 spiro atoms. The van der Waals surface area contributed by atoms with E-state index in [1.54, 1.807) is 12.4 Å². The van der Waals surface area contributed by atoms with Gasteiger partial charge < -0.3 is 10.3 Å². The lowest BCUT2D eigenvalue weighted by atomic mass is 10.2. The monoisotopic (exact) mass is 188 g/mol. The second-order valence-electron chi connectivity index (χ2n) is 3.04. The summed E-state index contributed by atoms with van der Waals surface area (Å²) in [7, 11) is 1.84. The average Bonchev–Trinajstić information content (AvgIpc) is 2.61. The molecule has 0 aliphatic rings. The number of imidazole rings is 1. The van der Waals surface area contributed by atoms with E-state index in [0.717, 1.165) is 22.9 Å². The van der Waals surface area contributed by atoms with E-state index in [9.17, 15) is 0 Å². The molecule has 0 aromatic carbocycles. The second kappa shape index (κ2) is 3.49. The van der Waals surface area contributed by atoms with Gasteiger partial charge in [-0.3, -0.25) is 4.98 Å². The van der Waals surface area contributed by atoms with Crippen molar-refractivity contribution in [2.45, 2.75) is 6.92 Å². The molecule has 2 aromatic rings. The Hall–Kier alpha value is -1.84. The molecule has 0 aliphatic carbocycles. The Labute approximate surface area is 82.4 Å². The van der Waals surface area contributed by atoms with Crippen molar-refractivity contribution >= 4 is 5.95 Å². The number of H-pyrrole nitrogens is 1. The van der Waals surface area contributed by atoms with E-state index in [-0.39, 0.29) is 0 Å². The summed E-state index contributed by atoms with van der Waals surface area (Å²) in [6.45, 7) is 2.00. The smallest absolute Gasteiger partial charge is 0.200 e. The Balaban J connectivity index is 2.46. The van der Waals surface area contributed by atoms with Crippen LogP contribution in [0.2, 0.25) is 0 Å². The van der Waals surface area contributed by atoms with E-state index in [4.69, 9.17) is 0 Å². The van der Waals surface area contributed by atoms with Crippen molar-refractivity contribution in [3.8, 4) is 11.3 Å². The molecule has 0 radical (unpaired) electrons. The lowest BCUT2D eigenvalue weighted by Gasteiger charge is -1.95. The first-order chi connectivity index (χ1) is 6.81. The molecule has 4 heteroatoms. The topological polar surface area (TPSA) is 53.6 Å². The van der Waals surface area contributed by atoms with Crippen LogP contribution >= 0.6 is 0 Å². The summed E-state index contributed by atoms with van der Waals surface area (Å²) in [5, 5.41) is 2.98. The minimum Gasteiger partial charge on any atom is -0.359 e. The lowest BCUT2D eigenvalue weighted by Crippen LogP contribution is -1.89. The molecular formula is C10H12N4. The van der Waals surface area contributed by atoms with Crippen LogP contribution in [-0.2, 0) is 0 Å². The standard InChI is InChI=1S/C10H12N4/c1-7-9(14-10(11-2)13-7)8-3-5-12-6-4-8/h3-6H,1-2H3,(H2,11,13,14). The minimum atomic E-state index is 0.786. The molecule has 2 heterocycles. The predicted octanol–water partition coefficient (Wildman–Crippen LogP) is 1.82. The third-order valence-electron chi connectivity index (χ3n) is 2.08. The number of aryl methyl sites for hydroxylation is 1. The van der Waals surface area contributed by atoms with Crippen molar-refractivity contribution in [3.05, 3.63) is 30.2 Å². The molecule has 72 valence electrons. The largest absolute Gasteiger partial charge is 0.359 e. The zero-order valence-corrected chi connectivity index (χ0v) is 8.20. The van der Waals surface area contributed by atoms with Crippen LogP contribution in [0.3, 0.4) is 0 Å². The van der Waals surface area contributed by atoms with Crippen molar-refractivity contribution in [1.29, 1.82) is 0 Å². The zero-order valence-electron chi connectivity index (χ0n) is 8.20. The number of pyridine rings is 1. The van der Waals surface area contributed by atoms with Gasteiger partial charge in [-0.2, -0.15) is 0 Å². The zero-order chi connectivity index (χ0) is 9.97. The molecule has 2 rings (SSSR count). The van der Waals surface area contributed by atoms with Crippen LogP contribution in [0.1, 0.15) is 5.69 Å². The van der Waals surface area contributed by atoms with Gasteiger partial charge in [-0.05, 0) is 19.1 Å². The van der Waals surface area contributed by atoms with Crippen molar-refractivity contribution in [3.63, 3.8) is 0 Å². The van der Waals surface area contributed by atoms with Gasteiger partial charge >= 0.3 is 0 Å². The maximum absolute atomic E-state index is 4.40. The summed E-state index contributed by atoms with van der Waals surface area (Å²) in [5.41, 5.74) is 3.10. The number of aromatic amines is 1. The third-order valence-corrected chi connectivity index (χ3v) is 2.08. The highest BCUT2D eigenvalue weighted by molar-refractivity contribution is 5.63. The second-order valence-corrected chi connectivity index (χ2v) is 3.04. The fourth-order valence-corrected chi connectivity index (χ4v) is 1.37. The Bertz CT molecular complexity index is 419. The van der Waals surface area contributed by atoms with E-state index in [1.165, 1.54) is 0 Å². The molecule has 2 aromatic heterocycles. The molecule has 0 bridgehead atoms. The van der Waals surface area contributed by atoms with Gasteiger partial charge in [0.25, 0.3) is 0 Å². The van der Waals surface area contributed by atoms with Gasteiger partial charge in [-0.1, -0.05) is 0 Å². The SMILES string of the molecule is CNc1nc(-c2ccncc2)c(C)[nH]1. The first kappa shape index (κ1) is 8.74. The van der Waals surface area contributed by atoms with Crippen LogP contribution < -0.4 is 5.32 Å². The van der Waals surface area contributed by atoms with Crippen LogP contribution in [0.25, 0.3) is 11.3 Å². The van der Waals surface area contributed by atoms with Gasteiger partial charge in [0, 0.05) is 30.7 Å². The summed E-state index contributed by atoms with van der Waals surface area (Å²) < 4.78 is 0. The number of nitrogens with zero attached hydrogens (tertiary/aromatic N) is 2. The van der Waals surface area contributed by atoms with E-state index in [1.807, 2.05) is 26.1 Å². The molecule has 0 aliphatic heterocycles. The van der Waals surface area contributed by atoms with E-state index >= 15 is 0 Å². The Morgan fingerprint density at radius 2 is 2.00 bits per heavy atom. The van der Waals surface area contributed by atoms with Crippen molar-refractivity contribution in [2.24, 2.45) is 0 Å².